The molecule has 2 aromatic carbocycles. The van der Waals surface area contributed by atoms with Crippen LogP contribution in [0.4, 0.5) is 0 Å². The second kappa shape index (κ2) is 6.78. The van der Waals surface area contributed by atoms with Crippen LogP contribution in [0.1, 0.15) is 26.3 Å². The third-order valence-electron chi connectivity index (χ3n) is 5.40. The minimum absolute atomic E-state index is 0.0567. The number of benzene rings is 2. The van der Waals surface area contributed by atoms with Crippen molar-refractivity contribution >= 4 is 32.3 Å². The van der Waals surface area contributed by atoms with Crippen LogP contribution in [0.15, 0.2) is 78.4 Å². The maximum absolute atomic E-state index is 4.72. The lowest BCUT2D eigenvalue weighted by atomic mass is 9.82. The van der Waals surface area contributed by atoms with E-state index in [1.165, 1.54) is 32.8 Å². The van der Waals surface area contributed by atoms with Crippen LogP contribution in [0.3, 0.4) is 0 Å². The zero-order chi connectivity index (χ0) is 20.0. The molecule has 0 spiro atoms. The molecule has 0 fully saturated rings. The van der Waals surface area contributed by atoms with Gasteiger partial charge >= 0.3 is 0 Å². The van der Waals surface area contributed by atoms with Gasteiger partial charge in [0.2, 0.25) is 0 Å². The summed E-state index contributed by atoms with van der Waals surface area (Å²) in [7, 11) is 0. The third-order valence-corrected chi connectivity index (χ3v) is 6.23. The number of pyridine rings is 2. The Hall–Kier alpha value is -3.04. The van der Waals surface area contributed by atoms with Gasteiger partial charge in [-0.2, -0.15) is 0 Å². The van der Waals surface area contributed by atoms with Gasteiger partial charge in [0.25, 0.3) is 0 Å². The predicted octanol–water partition coefficient (Wildman–Crippen LogP) is 7.48. The van der Waals surface area contributed by atoms with E-state index in [4.69, 9.17) is 4.98 Å². The Kier molecular flexibility index (Phi) is 4.21. The minimum Gasteiger partial charge on any atom is -0.256 e. The number of rotatable bonds is 2. The van der Waals surface area contributed by atoms with E-state index in [-0.39, 0.29) is 5.41 Å². The van der Waals surface area contributed by atoms with Crippen molar-refractivity contribution < 1.29 is 0 Å². The number of hydrogen-bond donors (Lipinski definition) is 0. The van der Waals surface area contributed by atoms with Gasteiger partial charge in [-0.1, -0.05) is 45.0 Å². The van der Waals surface area contributed by atoms with Crippen molar-refractivity contribution in [2.24, 2.45) is 0 Å². The van der Waals surface area contributed by atoms with Gasteiger partial charge in [-0.15, -0.1) is 11.3 Å². The molecule has 0 N–H and O–H groups in total. The van der Waals surface area contributed by atoms with Gasteiger partial charge in [-0.05, 0) is 74.7 Å². The lowest BCUT2D eigenvalue weighted by molar-refractivity contribution is 0.596. The summed E-state index contributed by atoms with van der Waals surface area (Å²) in [5.41, 5.74) is 5.94. The molecule has 3 heterocycles. The molecule has 2 nitrogen and oxygen atoms in total. The van der Waals surface area contributed by atoms with Crippen molar-refractivity contribution in [2.45, 2.75) is 26.2 Å². The Morgan fingerprint density at radius 3 is 2.45 bits per heavy atom. The van der Waals surface area contributed by atoms with E-state index in [0.717, 1.165) is 16.1 Å². The summed E-state index contributed by atoms with van der Waals surface area (Å²) in [6, 6.07) is 21.7. The van der Waals surface area contributed by atoms with Crippen LogP contribution in [0, 0.1) is 0 Å². The summed E-state index contributed by atoms with van der Waals surface area (Å²) in [5, 5.41) is 5.87. The smallest absolute Gasteiger partial charge is 0.123 e. The number of hydrogen-bond acceptors (Lipinski definition) is 3. The first-order valence-electron chi connectivity index (χ1n) is 9.83. The molecule has 0 saturated carbocycles. The minimum atomic E-state index is 0.0567. The third kappa shape index (κ3) is 3.22. The number of nitrogens with zero attached hydrogens (tertiary/aromatic N) is 2. The fourth-order valence-corrected chi connectivity index (χ4v) is 4.72. The summed E-state index contributed by atoms with van der Waals surface area (Å²) in [5.74, 6) is 0. The molecule has 5 rings (SSSR count). The molecule has 3 aromatic heterocycles. The Morgan fingerprint density at radius 2 is 1.59 bits per heavy atom. The van der Waals surface area contributed by atoms with Gasteiger partial charge in [0.05, 0.1) is 5.69 Å². The monoisotopic (exact) mass is 394 g/mol. The SMILES string of the molecule is CC(C)(C)c1cc(-c2cc(-c3ccnc4sccc34)ccn2)cc2ccccc12. The highest BCUT2D eigenvalue weighted by Crippen LogP contribution is 2.36. The largest absolute Gasteiger partial charge is 0.256 e. The Balaban J connectivity index is 1.70. The first-order chi connectivity index (χ1) is 14.0. The Morgan fingerprint density at radius 1 is 0.759 bits per heavy atom. The van der Waals surface area contributed by atoms with Gasteiger partial charge in [-0.25, -0.2) is 4.98 Å². The molecular formula is C26H22N2S. The molecule has 0 radical (unpaired) electrons. The second-order valence-corrected chi connectivity index (χ2v) is 9.32. The molecule has 142 valence electrons. The van der Waals surface area contributed by atoms with Crippen LogP contribution in [0.5, 0.6) is 0 Å². The van der Waals surface area contributed by atoms with Gasteiger partial charge < -0.3 is 0 Å². The van der Waals surface area contributed by atoms with Crippen molar-refractivity contribution in [3.63, 3.8) is 0 Å². The van der Waals surface area contributed by atoms with Crippen LogP contribution >= 0.6 is 11.3 Å². The average Bonchev–Trinajstić information content (AvgIpc) is 3.21. The predicted molar refractivity (Wildman–Crippen MR) is 124 cm³/mol. The quantitative estimate of drug-likeness (QED) is 0.310. The van der Waals surface area contributed by atoms with Crippen molar-refractivity contribution in [3.05, 3.63) is 84.0 Å². The fourth-order valence-electron chi connectivity index (χ4n) is 3.96. The molecule has 0 saturated heterocycles. The number of fused-ring (bicyclic) bond motifs is 2. The molecule has 0 unspecified atom stereocenters. The standard InChI is InChI=1S/C26H22N2S/c1-26(2,3)23-15-19(14-17-6-4-5-7-21(17)23)24-16-18(8-11-27-24)20-9-12-28-25-22(20)10-13-29-25/h4-16H,1-3H3. The van der Waals surface area contributed by atoms with Crippen LogP contribution < -0.4 is 0 Å². The lowest BCUT2D eigenvalue weighted by Crippen LogP contribution is -2.12. The van der Waals surface area contributed by atoms with Crippen LogP contribution in [-0.4, -0.2) is 9.97 Å². The zero-order valence-corrected chi connectivity index (χ0v) is 17.6. The first kappa shape index (κ1) is 18.0. The molecule has 5 aromatic rings. The fraction of sp³-hybridized carbons (Fsp3) is 0.154. The molecule has 0 aliphatic carbocycles. The summed E-state index contributed by atoms with van der Waals surface area (Å²) in [6.07, 6.45) is 3.80. The molecular weight excluding hydrogens is 372 g/mol. The van der Waals surface area contributed by atoms with E-state index in [0.29, 0.717) is 0 Å². The normalized spacial score (nSPS) is 12.0. The van der Waals surface area contributed by atoms with E-state index in [9.17, 15) is 0 Å². The van der Waals surface area contributed by atoms with Crippen LogP contribution in [0.25, 0.3) is 43.4 Å². The molecule has 0 atom stereocenters. The first-order valence-corrected chi connectivity index (χ1v) is 10.7. The molecule has 29 heavy (non-hydrogen) atoms. The summed E-state index contributed by atoms with van der Waals surface area (Å²) < 4.78 is 0. The van der Waals surface area contributed by atoms with Crippen molar-refractivity contribution in [1.82, 2.24) is 9.97 Å². The molecule has 3 heteroatoms. The Bertz CT molecular complexity index is 1340. The van der Waals surface area contributed by atoms with E-state index >= 15 is 0 Å². The van der Waals surface area contributed by atoms with Gasteiger partial charge in [-0.3, -0.25) is 4.98 Å². The highest BCUT2D eigenvalue weighted by Gasteiger charge is 2.18. The van der Waals surface area contributed by atoms with Gasteiger partial charge in [0.1, 0.15) is 4.83 Å². The van der Waals surface area contributed by atoms with Crippen molar-refractivity contribution in [2.75, 3.05) is 0 Å². The zero-order valence-electron chi connectivity index (χ0n) is 16.8. The maximum atomic E-state index is 4.72. The second-order valence-electron chi connectivity index (χ2n) is 8.42. The molecule has 0 bridgehead atoms. The Labute approximate surface area is 174 Å². The van der Waals surface area contributed by atoms with E-state index in [1.54, 1.807) is 11.3 Å². The average molecular weight is 395 g/mol. The maximum Gasteiger partial charge on any atom is 0.123 e. The number of thiophene rings is 1. The molecule has 0 aliphatic rings. The van der Waals surface area contributed by atoms with Crippen LogP contribution in [0.2, 0.25) is 0 Å². The molecule has 0 amide bonds. The summed E-state index contributed by atoms with van der Waals surface area (Å²) in [4.78, 5) is 10.3. The summed E-state index contributed by atoms with van der Waals surface area (Å²) >= 11 is 1.68. The van der Waals surface area contributed by atoms with E-state index in [1.807, 2.05) is 12.4 Å². The van der Waals surface area contributed by atoms with Crippen molar-refractivity contribution in [1.29, 1.82) is 0 Å². The van der Waals surface area contributed by atoms with Gasteiger partial charge in [0.15, 0.2) is 0 Å². The summed E-state index contributed by atoms with van der Waals surface area (Å²) in [6.45, 7) is 6.81. The lowest BCUT2D eigenvalue weighted by Gasteiger charge is -2.22. The highest BCUT2D eigenvalue weighted by molar-refractivity contribution is 7.16. The highest BCUT2D eigenvalue weighted by atomic mass is 32.1. The molecule has 0 aliphatic heterocycles. The van der Waals surface area contributed by atoms with Crippen molar-refractivity contribution in [3.8, 4) is 22.4 Å². The van der Waals surface area contributed by atoms with Crippen LogP contribution in [-0.2, 0) is 5.41 Å². The van der Waals surface area contributed by atoms with E-state index < -0.39 is 0 Å². The number of aromatic nitrogens is 2. The topological polar surface area (TPSA) is 25.8 Å². The van der Waals surface area contributed by atoms with Gasteiger partial charge in [0, 0.05) is 23.3 Å². The van der Waals surface area contributed by atoms with E-state index in [2.05, 4.69) is 91.8 Å².